The first kappa shape index (κ1) is 22.6. The number of halogens is 1. The molecule has 1 aromatic heterocycles. The van der Waals surface area contributed by atoms with E-state index < -0.39 is 0 Å². The predicted octanol–water partition coefficient (Wildman–Crippen LogP) is 3.91. The number of hydrogen-bond donors (Lipinski definition) is 2. The van der Waals surface area contributed by atoms with Crippen molar-refractivity contribution in [2.24, 2.45) is 4.99 Å². The predicted molar refractivity (Wildman–Crippen MR) is 117 cm³/mol. The molecule has 1 aromatic rings. The molecule has 0 aliphatic heterocycles. The minimum absolute atomic E-state index is 0. The third-order valence-electron chi connectivity index (χ3n) is 4.27. The molecular weight excluding hydrogens is 447 g/mol. The minimum Gasteiger partial charge on any atom is -0.378 e. The van der Waals surface area contributed by atoms with E-state index in [9.17, 15) is 0 Å². The average Bonchev–Trinajstić information content (AvgIpc) is 3.02. The summed E-state index contributed by atoms with van der Waals surface area (Å²) in [6, 6.07) is 0. The van der Waals surface area contributed by atoms with Crippen LogP contribution in [0.5, 0.6) is 0 Å². The van der Waals surface area contributed by atoms with Crippen molar-refractivity contribution in [1.29, 1.82) is 0 Å². The van der Waals surface area contributed by atoms with Crippen molar-refractivity contribution < 1.29 is 4.74 Å². The van der Waals surface area contributed by atoms with Gasteiger partial charge in [0, 0.05) is 44.2 Å². The molecule has 1 aliphatic carbocycles. The SMILES string of the molecule is CN=C(NCCCOC1CCCCC1)NCCCc1nc(C)cs1.I. The maximum absolute atomic E-state index is 5.94. The Kier molecular flexibility index (Phi) is 12.4. The van der Waals surface area contributed by atoms with Crippen molar-refractivity contribution >= 4 is 41.3 Å². The first-order valence-electron chi connectivity index (χ1n) is 9.25. The van der Waals surface area contributed by atoms with E-state index in [1.807, 2.05) is 14.0 Å². The number of thiazole rings is 1. The number of rotatable bonds is 9. The van der Waals surface area contributed by atoms with Gasteiger partial charge in [0.2, 0.25) is 0 Å². The van der Waals surface area contributed by atoms with Crippen LogP contribution in [0.2, 0.25) is 0 Å². The van der Waals surface area contributed by atoms with E-state index >= 15 is 0 Å². The molecule has 1 saturated carbocycles. The van der Waals surface area contributed by atoms with Crippen LogP contribution in [0.4, 0.5) is 0 Å². The molecule has 5 nitrogen and oxygen atoms in total. The summed E-state index contributed by atoms with van der Waals surface area (Å²) >= 11 is 1.75. The Hall–Kier alpha value is -0.410. The second-order valence-corrected chi connectivity index (χ2v) is 7.34. The number of hydrogen-bond acceptors (Lipinski definition) is 4. The second-order valence-electron chi connectivity index (χ2n) is 6.40. The quantitative estimate of drug-likeness (QED) is 0.244. The summed E-state index contributed by atoms with van der Waals surface area (Å²) in [6.45, 7) is 4.70. The highest BCUT2D eigenvalue weighted by Crippen LogP contribution is 2.20. The molecular formula is C18H33IN4OS. The topological polar surface area (TPSA) is 58.5 Å². The van der Waals surface area contributed by atoms with Crippen LogP contribution in [0.1, 0.15) is 55.6 Å². The van der Waals surface area contributed by atoms with Crippen LogP contribution in [0.15, 0.2) is 10.4 Å². The van der Waals surface area contributed by atoms with Gasteiger partial charge in [0.15, 0.2) is 5.96 Å². The van der Waals surface area contributed by atoms with E-state index in [1.165, 1.54) is 37.1 Å². The van der Waals surface area contributed by atoms with Crippen LogP contribution in [0, 0.1) is 6.92 Å². The molecule has 1 fully saturated rings. The number of aryl methyl sites for hydroxylation is 2. The number of ether oxygens (including phenoxy) is 1. The Morgan fingerprint density at radius 3 is 2.60 bits per heavy atom. The van der Waals surface area contributed by atoms with E-state index in [0.717, 1.165) is 50.6 Å². The third-order valence-corrected chi connectivity index (χ3v) is 5.30. The summed E-state index contributed by atoms with van der Waals surface area (Å²) < 4.78 is 5.94. The molecule has 2 rings (SSSR count). The lowest BCUT2D eigenvalue weighted by Crippen LogP contribution is -2.38. The van der Waals surface area contributed by atoms with Gasteiger partial charge in [-0.25, -0.2) is 4.98 Å². The van der Waals surface area contributed by atoms with E-state index in [0.29, 0.717) is 6.10 Å². The summed E-state index contributed by atoms with van der Waals surface area (Å²) in [7, 11) is 1.82. The fourth-order valence-electron chi connectivity index (χ4n) is 2.95. The van der Waals surface area contributed by atoms with Gasteiger partial charge in [-0.05, 0) is 32.6 Å². The summed E-state index contributed by atoms with van der Waals surface area (Å²) in [6.07, 6.45) is 10.2. The van der Waals surface area contributed by atoms with E-state index in [1.54, 1.807) is 11.3 Å². The molecule has 0 bridgehead atoms. The Labute approximate surface area is 173 Å². The molecule has 1 aliphatic rings. The fourth-order valence-corrected chi connectivity index (χ4v) is 3.76. The molecule has 7 heteroatoms. The normalized spacial score (nSPS) is 15.7. The second kappa shape index (κ2) is 13.7. The maximum Gasteiger partial charge on any atom is 0.190 e. The fraction of sp³-hybridized carbons (Fsp3) is 0.778. The number of aliphatic imine (C=N–C) groups is 1. The van der Waals surface area contributed by atoms with Gasteiger partial charge in [-0.15, -0.1) is 35.3 Å². The zero-order valence-electron chi connectivity index (χ0n) is 15.6. The number of guanidine groups is 1. The van der Waals surface area contributed by atoms with Gasteiger partial charge in [-0.2, -0.15) is 0 Å². The summed E-state index contributed by atoms with van der Waals surface area (Å²) in [5.74, 6) is 0.878. The first-order valence-corrected chi connectivity index (χ1v) is 10.1. The molecule has 0 atom stereocenters. The Balaban J connectivity index is 0.00000312. The lowest BCUT2D eigenvalue weighted by atomic mass is 9.98. The van der Waals surface area contributed by atoms with Crippen molar-refractivity contribution in [2.75, 3.05) is 26.7 Å². The monoisotopic (exact) mass is 480 g/mol. The smallest absolute Gasteiger partial charge is 0.190 e. The average molecular weight is 480 g/mol. The van der Waals surface area contributed by atoms with Crippen LogP contribution in [0.25, 0.3) is 0 Å². The maximum atomic E-state index is 5.94. The van der Waals surface area contributed by atoms with Gasteiger partial charge in [0.25, 0.3) is 0 Å². The first-order chi connectivity index (χ1) is 11.8. The number of nitrogens with zero attached hydrogens (tertiary/aromatic N) is 2. The van der Waals surface area contributed by atoms with Gasteiger partial charge in [0.05, 0.1) is 11.1 Å². The summed E-state index contributed by atoms with van der Waals surface area (Å²) in [4.78, 5) is 8.75. The van der Waals surface area contributed by atoms with Gasteiger partial charge >= 0.3 is 0 Å². The molecule has 0 aromatic carbocycles. The molecule has 0 saturated heterocycles. The highest BCUT2D eigenvalue weighted by Gasteiger charge is 2.12. The molecule has 25 heavy (non-hydrogen) atoms. The zero-order valence-corrected chi connectivity index (χ0v) is 18.7. The highest BCUT2D eigenvalue weighted by atomic mass is 127. The third kappa shape index (κ3) is 9.75. The highest BCUT2D eigenvalue weighted by molar-refractivity contribution is 14.0. The lowest BCUT2D eigenvalue weighted by molar-refractivity contribution is 0.0277. The van der Waals surface area contributed by atoms with Crippen LogP contribution in [0.3, 0.4) is 0 Å². The summed E-state index contributed by atoms with van der Waals surface area (Å²) in [5.41, 5.74) is 1.12. The van der Waals surface area contributed by atoms with Crippen LogP contribution >= 0.6 is 35.3 Å². The molecule has 0 spiro atoms. The molecule has 0 radical (unpaired) electrons. The Morgan fingerprint density at radius 1 is 1.24 bits per heavy atom. The number of nitrogens with one attached hydrogen (secondary N) is 2. The van der Waals surface area contributed by atoms with Crippen molar-refractivity contribution in [3.05, 3.63) is 16.1 Å². The van der Waals surface area contributed by atoms with Crippen LogP contribution < -0.4 is 10.6 Å². The Morgan fingerprint density at radius 2 is 1.96 bits per heavy atom. The van der Waals surface area contributed by atoms with Crippen molar-refractivity contribution in [3.8, 4) is 0 Å². The van der Waals surface area contributed by atoms with E-state index in [2.05, 4.69) is 26.0 Å². The molecule has 1 heterocycles. The summed E-state index contributed by atoms with van der Waals surface area (Å²) in [5, 5.41) is 10.0. The van der Waals surface area contributed by atoms with Gasteiger partial charge in [0.1, 0.15) is 0 Å². The van der Waals surface area contributed by atoms with Crippen molar-refractivity contribution in [2.45, 2.75) is 64.4 Å². The van der Waals surface area contributed by atoms with E-state index in [-0.39, 0.29) is 24.0 Å². The van der Waals surface area contributed by atoms with Gasteiger partial charge in [-0.3, -0.25) is 4.99 Å². The zero-order chi connectivity index (χ0) is 17.0. The van der Waals surface area contributed by atoms with E-state index in [4.69, 9.17) is 4.74 Å². The van der Waals surface area contributed by atoms with Gasteiger partial charge < -0.3 is 15.4 Å². The molecule has 0 amide bonds. The molecule has 0 unspecified atom stereocenters. The largest absolute Gasteiger partial charge is 0.378 e. The Bertz CT molecular complexity index is 489. The number of aromatic nitrogens is 1. The van der Waals surface area contributed by atoms with Gasteiger partial charge in [-0.1, -0.05) is 19.3 Å². The van der Waals surface area contributed by atoms with Crippen molar-refractivity contribution in [1.82, 2.24) is 15.6 Å². The molecule has 144 valence electrons. The van der Waals surface area contributed by atoms with Crippen LogP contribution in [-0.4, -0.2) is 43.8 Å². The standard InChI is InChI=1S/C18H32N4OS.HI/c1-15-14-24-17(22-15)10-6-11-20-18(19-2)21-12-7-13-23-16-8-4-3-5-9-16;/h14,16H,3-13H2,1-2H3,(H2,19,20,21);1H. The minimum atomic E-state index is 0. The van der Waals surface area contributed by atoms with Crippen molar-refractivity contribution in [3.63, 3.8) is 0 Å². The van der Waals surface area contributed by atoms with Crippen LogP contribution in [-0.2, 0) is 11.2 Å². The molecule has 2 N–H and O–H groups in total. The lowest BCUT2D eigenvalue weighted by Gasteiger charge is -2.22.